The van der Waals surface area contributed by atoms with Crippen LogP contribution in [0.2, 0.25) is 0 Å². The fourth-order valence-electron chi connectivity index (χ4n) is 2.40. The average molecular weight is 333 g/mol. The number of halogens is 1. The summed E-state index contributed by atoms with van der Waals surface area (Å²) in [7, 11) is -3.28. The maximum Gasteiger partial charge on any atom is 0.177 e. The Kier molecular flexibility index (Phi) is 4.04. The van der Waals surface area contributed by atoms with Crippen molar-refractivity contribution in [1.82, 2.24) is 9.97 Å². The molecule has 0 atom stereocenters. The van der Waals surface area contributed by atoms with Crippen molar-refractivity contribution in [2.45, 2.75) is 11.3 Å². The molecule has 0 aliphatic heterocycles. The zero-order valence-corrected chi connectivity index (χ0v) is 13.3. The van der Waals surface area contributed by atoms with E-state index in [-0.39, 0.29) is 10.7 Å². The number of aromatic nitrogens is 2. The van der Waals surface area contributed by atoms with Crippen LogP contribution in [-0.4, -0.2) is 31.2 Å². The fraction of sp³-hybridized carbons (Fsp3) is 0.188. The van der Waals surface area contributed by atoms with Crippen molar-refractivity contribution in [1.29, 1.82) is 0 Å². The molecule has 0 radical (unpaired) electrons. The Bertz CT molecular complexity index is 951. The van der Waals surface area contributed by atoms with Crippen molar-refractivity contribution in [3.05, 3.63) is 54.1 Å². The zero-order valence-electron chi connectivity index (χ0n) is 12.5. The van der Waals surface area contributed by atoms with Crippen LogP contribution in [0.15, 0.2) is 47.4 Å². The molecule has 0 aliphatic carbocycles. The van der Waals surface area contributed by atoms with Crippen LogP contribution in [0.4, 0.5) is 10.1 Å². The van der Waals surface area contributed by atoms with Crippen LogP contribution in [0, 0.1) is 5.82 Å². The van der Waals surface area contributed by atoms with Crippen LogP contribution in [0.25, 0.3) is 11.0 Å². The van der Waals surface area contributed by atoms with Crippen molar-refractivity contribution in [3.63, 3.8) is 0 Å². The lowest BCUT2D eigenvalue weighted by Gasteiger charge is -2.09. The van der Waals surface area contributed by atoms with Gasteiger partial charge in [-0.15, -0.1) is 0 Å². The minimum atomic E-state index is -3.28. The van der Waals surface area contributed by atoms with Gasteiger partial charge in [0.2, 0.25) is 0 Å². The van der Waals surface area contributed by atoms with E-state index >= 15 is 0 Å². The smallest absolute Gasteiger partial charge is 0.177 e. The summed E-state index contributed by atoms with van der Waals surface area (Å²) in [6, 6.07) is 11.2. The number of imidazole rings is 1. The summed E-state index contributed by atoms with van der Waals surface area (Å²) in [6.07, 6.45) is 1.75. The van der Waals surface area contributed by atoms with E-state index in [4.69, 9.17) is 0 Å². The fourth-order valence-corrected chi connectivity index (χ4v) is 3.27. The summed E-state index contributed by atoms with van der Waals surface area (Å²) in [4.78, 5) is 7.70. The molecule has 23 heavy (non-hydrogen) atoms. The average Bonchev–Trinajstić information content (AvgIpc) is 2.88. The number of hydrogen-bond donors (Lipinski definition) is 2. The lowest BCUT2D eigenvalue weighted by molar-refractivity contribution is 0.602. The molecule has 0 spiro atoms. The number of H-pyrrole nitrogens is 1. The predicted octanol–water partition coefficient (Wildman–Crippen LogP) is 2.76. The molecule has 0 saturated carbocycles. The minimum absolute atomic E-state index is 0.270. The van der Waals surface area contributed by atoms with Gasteiger partial charge in [-0.2, -0.15) is 0 Å². The van der Waals surface area contributed by atoms with E-state index in [0.29, 0.717) is 29.7 Å². The second-order valence-electron chi connectivity index (χ2n) is 5.29. The monoisotopic (exact) mass is 333 g/mol. The number of aromatic amines is 1. The summed E-state index contributed by atoms with van der Waals surface area (Å²) >= 11 is 0. The molecule has 0 saturated heterocycles. The van der Waals surface area contributed by atoms with Gasteiger partial charge in [0.15, 0.2) is 9.84 Å². The summed E-state index contributed by atoms with van der Waals surface area (Å²) in [5.41, 5.74) is 1.92. The molecule has 2 aromatic carbocycles. The lowest BCUT2D eigenvalue weighted by atomic mass is 10.3. The van der Waals surface area contributed by atoms with E-state index < -0.39 is 9.84 Å². The van der Waals surface area contributed by atoms with Gasteiger partial charge < -0.3 is 10.3 Å². The first kappa shape index (κ1) is 15.5. The number of para-hydroxylation sites is 1. The van der Waals surface area contributed by atoms with Gasteiger partial charge in [-0.3, -0.25) is 0 Å². The zero-order chi connectivity index (χ0) is 16.4. The molecule has 120 valence electrons. The highest BCUT2D eigenvalue weighted by atomic mass is 32.2. The predicted molar refractivity (Wildman–Crippen MR) is 87.8 cm³/mol. The third kappa shape index (κ3) is 3.50. The second-order valence-corrected chi connectivity index (χ2v) is 7.27. The third-order valence-corrected chi connectivity index (χ3v) is 4.61. The number of anilines is 1. The number of nitrogens with one attached hydrogen (secondary N) is 2. The van der Waals surface area contributed by atoms with Crippen LogP contribution < -0.4 is 5.32 Å². The van der Waals surface area contributed by atoms with Crippen molar-refractivity contribution in [2.75, 3.05) is 18.1 Å². The third-order valence-electron chi connectivity index (χ3n) is 3.46. The van der Waals surface area contributed by atoms with Crippen LogP contribution in [0.3, 0.4) is 0 Å². The molecular formula is C16H16FN3O2S. The van der Waals surface area contributed by atoms with Gasteiger partial charge >= 0.3 is 0 Å². The van der Waals surface area contributed by atoms with Crippen LogP contribution in [0.5, 0.6) is 0 Å². The first-order valence-electron chi connectivity index (χ1n) is 7.10. The molecule has 5 nitrogen and oxygen atoms in total. The van der Waals surface area contributed by atoms with E-state index in [1.54, 1.807) is 30.3 Å². The Hall–Kier alpha value is -2.41. The highest BCUT2D eigenvalue weighted by molar-refractivity contribution is 7.90. The molecule has 0 amide bonds. The number of hydrogen-bond acceptors (Lipinski definition) is 4. The van der Waals surface area contributed by atoms with Crippen molar-refractivity contribution < 1.29 is 12.8 Å². The van der Waals surface area contributed by atoms with Gasteiger partial charge in [0.05, 0.1) is 21.6 Å². The largest absolute Gasteiger partial charge is 0.384 e. The Morgan fingerprint density at radius 3 is 2.78 bits per heavy atom. The SMILES string of the molecule is CS(=O)(=O)c1ccccc1NCCc1nc2ccc(F)cc2[nH]1. The standard InChI is InChI=1S/C16H16FN3O2S/c1-23(21,22)15-5-3-2-4-13(15)18-9-8-16-19-12-7-6-11(17)10-14(12)20-16/h2-7,10,18H,8-9H2,1H3,(H,19,20). The van der Waals surface area contributed by atoms with Gasteiger partial charge in [-0.05, 0) is 30.3 Å². The van der Waals surface area contributed by atoms with E-state index in [2.05, 4.69) is 15.3 Å². The molecule has 0 aliphatic rings. The van der Waals surface area contributed by atoms with Gasteiger partial charge in [0.1, 0.15) is 11.6 Å². The minimum Gasteiger partial charge on any atom is -0.384 e. The number of nitrogens with zero attached hydrogens (tertiary/aromatic N) is 1. The first-order valence-corrected chi connectivity index (χ1v) is 9.00. The molecule has 2 N–H and O–H groups in total. The summed E-state index contributed by atoms with van der Waals surface area (Å²) < 4.78 is 36.6. The maximum absolute atomic E-state index is 13.2. The van der Waals surface area contributed by atoms with Gasteiger partial charge in [0.25, 0.3) is 0 Å². The van der Waals surface area contributed by atoms with Gasteiger partial charge in [0, 0.05) is 19.2 Å². The molecule has 0 bridgehead atoms. The molecule has 3 aromatic rings. The Morgan fingerprint density at radius 2 is 2.00 bits per heavy atom. The molecule has 3 rings (SSSR count). The maximum atomic E-state index is 13.2. The van der Waals surface area contributed by atoms with Crippen molar-refractivity contribution in [3.8, 4) is 0 Å². The molecular weight excluding hydrogens is 317 g/mol. The molecule has 1 aromatic heterocycles. The number of rotatable bonds is 5. The Balaban J connectivity index is 1.72. The van der Waals surface area contributed by atoms with Gasteiger partial charge in [-0.1, -0.05) is 12.1 Å². The van der Waals surface area contributed by atoms with Crippen molar-refractivity contribution >= 4 is 26.6 Å². The van der Waals surface area contributed by atoms with E-state index in [1.807, 2.05) is 0 Å². The van der Waals surface area contributed by atoms with E-state index in [9.17, 15) is 12.8 Å². The number of fused-ring (bicyclic) bond motifs is 1. The first-order chi connectivity index (χ1) is 10.9. The highest BCUT2D eigenvalue weighted by Gasteiger charge is 2.12. The lowest BCUT2D eigenvalue weighted by Crippen LogP contribution is -2.09. The summed E-state index contributed by atoms with van der Waals surface area (Å²) in [5.74, 6) is 0.405. The highest BCUT2D eigenvalue weighted by Crippen LogP contribution is 2.20. The van der Waals surface area contributed by atoms with Gasteiger partial charge in [-0.25, -0.2) is 17.8 Å². The van der Waals surface area contributed by atoms with Crippen LogP contribution in [-0.2, 0) is 16.3 Å². The normalized spacial score (nSPS) is 11.7. The Labute approximate surface area is 133 Å². The molecule has 1 heterocycles. The van der Waals surface area contributed by atoms with Crippen LogP contribution >= 0.6 is 0 Å². The quantitative estimate of drug-likeness (QED) is 0.753. The molecule has 7 heteroatoms. The van der Waals surface area contributed by atoms with Crippen molar-refractivity contribution in [2.24, 2.45) is 0 Å². The number of benzene rings is 2. The van der Waals surface area contributed by atoms with E-state index in [0.717, 1.165) is 5.82 Å². The summed E-state index contributed by atoms with van der Waals surface area (Å²) in [6.45, 7) is 0.509. The topological polar surface area (TPSA) is 74.8 Å². The second kappa shape index (κ2) is 6.00. The molecule has 0 fully saturated rings. The summed E-state index contributed by atoms with van der Waals surface area (Å²) in [5, 5.41) is 3.11. The number of sulfone groups is 1. The molecule has 0 unspecified atom stereocenters. The van der Waals surface area contributed by atoms with Crippen LogP contribution in [0.1, 0.15) is 5.82 Å². The Morgan fingerprint density at radius 1 is 1.22 bits per heavy atom. The van der Waals surface area contributed by atoms with E-state index in [1.165, 1.54) is 18.4 Å².